The fourth-order valence-corrected chi connectivity index (χ4v) is 1.62. The van der Waals surface area contributed by atoms with Crippen molar-refractivity contribution >= 4 is 22.9 Å². The van der Waals surface area contributed by atoms with Gasteiger partial charge >= 0.3 is 5.97 Å². The van der Waals surface area contributed by atoms with Crippen LogP contribution >= 0.6 is 0 Å². The number of carboxylic acid groups (broad SMARTS) is 1. The third-order valence-corrected chi connectivity index (χ3v) is 2.47. The zero-order valence-corrected chi connectivity index (χ0v) is 9.17. The maximum absolute atomic E-state index is 11.3. The molecule has 0 unspecified atom stereocenters. The highest BCUT2D eigenvalue weighted by atomic mass is 16.4. The first-order valence-corrected chi connectivity index (χ1v) is 5.01. The summed E-state index contributed by atoms with van der Waals surface area (Å²) in [5.41, 5.74) is 1.16. The molecule has 1 amide bonds. The highest BCUT2D eigenvalue weighted by Gasteiger charge is 2.13. The van der Waals surface area contributed by atoms with Crippen LogP contribution in [0, 0.1) is 0 Å². The minimum atomic E-state index is -1.03. The second-order valence-corrected chi connectivity index (χ2v) is 3.52. The first-order chi connectivity index (χ1) is 8.13. The van der Waals surface area contributed by atoms with E-state index in [1.807, 2.05) is 0 Å². The Morgan fingerprint density at radius 1 is 1.47 bits per heavy atom. The van der Waals surface area contributed by atoms with Gasteiger partial charge in [0.05, 0.1) is 17.4 Å². The quantitative estimate of drug-likeness (QED) is 0.807. The minimum absolute atomic E-state index is 0.121. The van der Waals surface area contributed by atoms with Gasteiger partial charge in [0, 0.05) is 7.05 Å². The van der Waals surface area contributed by atoms with Gasteiger partial charge in [-0.15, -0.1) is 0 Å². The van der Waals surface area contributed by atoms with Crippen LogP contribution in [0.3, 0.4) is 0 Å². The van der Waals surface area contributed by atoms with Crippen LogP contribution in [0.5, 0.6) is 0 Å². The number of imidazole rings is 1. The molecule has 0 fully saturated rings. The van der Waals surface area contributed by atoms with Gasteiger partial charge in [0.1, 0.15) is 12.1 Å². The molecule has 0 aliphatic rings. The average molecular weight is 233 g/mol. The molecule has 0 radical (unpaired) electrons. The fourth-order valence-electron chi connectivity index (χ4n) is 1.62. The number of nitrogens with zero attached hydrogens (tertiary/aromatic N) is 2. The molecule has 17 heavy (non-hydrogen) atoms. The van der Waals surface area contributed by atoms with Gasteiger partial charge in [-0.25, -0.2) is 9.78 Å². The Bertz CT molecular complexity index is 589. The van der Waals surface area contributed by atoms with Gasteiger partial charge in [-0.1, -0.05) is 6.07 Å². The second kappa shape index (κ2) is 4.25. The number of amides is 1. The van der Waals surface area contributed by atoms with Crippen LogP contribution in [-0.2, 0) is 11.3 Å². The van der Waals surface area contributed by atoms with Gasteiger partial charge in [-0.2, -0.15) is 0 Å². The maximum Gasteiger partial charge on any atom is 0.337 e. The van der Waals surface area contributed by atoms with Crippen molar-refractivity contribution in [3.63, 3.8) is 0 Å². The second-order valence-electron chi connectivity index (χ2n) is 3.52. The monoisotopic (exact) mass is 233 g/mol. The highest BCUT2D eigenvalue weighted by molar-refractivity contribution is 6.01. The molecule has 0 spiro atoms. The maximum atomic E-state index is 11.3. The first-order valence-electron chi connectivity index (χ1n) is 5.01. The number of nitrogens with one attached hydrogen (secondary N) is 1. The van der Waals surface area contributed by atoms with Gasteiger partial charge in [-0.3, -0.25) is 4.79 Å². The number of aromatic nitrogens is 2. The van der Waals surface area contributed by atoms with Gasteiger partial charge < -0.3 is 15.0 Å². The summed E-state index contributed by atoms with van der Waals surface area (Å²) in [7, 11) is 1.55. The van der Waals surface area contributed by atoms with Crippen molar-refractivity contribution in [3.05, 3.63) is 30.1 Å². The molecule has 88 valence electrons. The van der Waals surface area contributed by atoms with Crippen molar-refractivity contribution < 1.29 is 14.7 Å². The van der Waals surface area contributed by atoms with Crippen LogP contribution in [0.2, 0.25) is 0 Å². The molecule has 0 atom stereocenters. The van der Waals surface area contributed by atoms with Crippen molar-refractivity contribution in [3.8, 4) is 0 Å². The van der Waals surface area contributed by atoms with E-state index in [0.717, 1.165) is 0 Å². The molecule has 1 aromatic carbocycles. The fraction of sp³-hybridized carbons (Fsp3) is 0.182. The number of carboxylic acids is 1. The minimum Gasteiger partial charge on any atom is -0.478 e. The van der Waals surface area contributed by atoms with Gasteiger partial charge in [0.2, 0.25) is 5.91 Å². The van der Waals surface area contributed by atoms with Crippen molar-refractivity contribution in [1.29, 1.82) is 0 Å². The number of likely N-dealkylation sites (N-methyl/N-ethyl adjacent to an activating group) is 1. The summed E-state index contributed by atoms with van der Waals surface area (Å²) in [6.07, 6.45) is 1.46. The molecule has 6 nitrogen and oxygen atoms in total. The smallest absolute Gasteiger partial charge is 0.337 e. The van der Waals surface area contributed by atoms with E-state index in [2.05, 4.69) is 10.3 Å². The van der Waals surface area contributed by atoms with E-state index in [1.54, 1.807) is 23.7 Å². The SMILES string of the molecule is CNC(=O)Cn1cnc2c(C(=O)O)cccc21. The first kappa shape index (κ1) is 11.1. The summed E-state index contributed by atoms with van der Waals surface area (Å²) in [5, 5.41) is 11.5. The lowest BCUT2D eigenvalue weighted by Crippen LogP contribution is -2.23. The number of rotatable bonds is 3. The number of hydrogen-bond donors (Lipinski definition) is 2. The molecule has 1 aromatic heterocycles. The summed E-state index contributed by atoms with van der Waals surface area (Å²) >= 11 is 0. The Morgan fingerprint density at radius 2 is 2.24 bits per heavy atom. The van der Waals surface area contributed by atoms with E-state index < -0.39 is 5.97 Å². The molecule has 6 heteroatoms. The van der Waals surface area contributed by atoms with E-state index in [9.17, 15) is 9.59 Å². The summed E-state index contributed by atoms with van der Waals surface area (Å²) in [6, 6.07) is 4.85. The van der Waals surface area contributed by atoms with Crippen molar-refractivity contribution in [2.45, 2.75) is 6.54 Å². The van der Waals surface area contributed by atoms with Crippen molar-refractivity contribution in [2.24, 2.45) is 0 Å². The summed E-state index contributed by atoms with van der Waals surface area (Å²) in [5.74, 6) is -1.19. The van der Waals surface area contributed by atoms with E-state index in [1.165, 1.54) is 12.4 Å². The van der Waals surface area contributed by atoms with Crippen LogP contribution in [0.1, 0.15) is 10.4 Å². The summed E-state index contributed by atoms with van der Waals surface area (Å²) in [4.78, 5) is 26.3. The Balaban J connectivity index is 2.51. The zero-order valence-electron chi connectivity index (χ0n) is 9.17. The number of carbonyl (C=O) groups is 2. The molecule has 2 rings (SSSR count). The molecule has 0 bridgehead atoms. The molecule has 2 aromatic rings. The number of carbonyl (C=O) groups excluding carboxylic acids is 1. The van der Waals surface area contributed by atoms with Crippen LogP contribution in [0.25, 0.3) is 11.0 Å². The van der Waals surface area contributed by atoms with Gasteiger partial charge in [0.15, 0.2) is 0 Å². The molecule has 0 saturated heterocycles. The number of fused-ring (bicyclic) bond motifs is 1. The lowest BCUT2D eigenvalue weighted by atomic mass is 10.2. The predicted molar refractivity (Wildman–Crippen MR) is 60.8 cm³/mol. The van der Waals surface area contributed by atoms with E-state index >= 15 is 0 Å². The third kappa shape index (κ3) is 1.96. The lowest BCUT2D eigenvalue weighted by molar-refractivity contribution is -0.121. The van der Waals surface area contributed by atoms with Crippen LogP contribution in [0.4, 0.5) is 0 Å². The Hall–Kier alpha value is -2.37. The molecule has 0 aliphatic heterocycles. The molecule has 0 saturated carbocycles. The van der Waals surface area contributed by atoms with Gasteiger partial charge in [-0.05, 0) is 12.1 Å². The summed E-state index contributed by atoms with van der Waals surface area (Å²) < 4.78 is 1.61. The standard InChI is InChI=1S/C11H11N3O3/c1-12-9(15)5-14-6-13-10-7(11(16)17)3-2-4-8(10)14/h2-4,6H,5H2,1H3,(H,12,15)(H,16,17). The van der Waals surface area contributed by atoms with Crippen molar-refractivity contribution in [1.82, 2.24) is 14.9 Å². The lowest BCUT2D eigenvalue weighted by Gasteiger charge is -2.03. The number of para-hydroxylation sites is 1. The summed E-state index contributed by atoms with van der Waals surface area (Å²) in [6.45, 7) is 0.121. The molecular weight excluding hydrogens is 222 g/mol. The van der Waals surface area contributed by atoms with E-state index in [-0.39, 0.29) is 18.0 Å². The van der Waals surface area contributed by atoms with Gasteiger partial charge in [0.25, 0.3) is 0 Å². The van der Waals surface area contributed by atoms with Crippen molar-refractivity contribution in [2.75, 3.05) is 7.05 Å². The number of aromatic carboxylic acids is 1. The predicted octanol–water partition coefficient (Wildman–Crippen LogP) is 0.480. The largest absolute Gasteiger partial charge is 0.478 e. The van der Waals surface area contributed by atoms with Crippen LogP contribution < -0.4 is 5.32 Å². The highest BCUT2D eigenvalue weighted by Crippen LogP contribution is 2.17. The topological polar surface area (TPSA) is 84.2 Å². The third-order valence-electron chi connectivity index (χ3n) is 2.47. The van der Waals surface area contributed by atoms with E-state index in [0.29, 0.717) is 11.0 Å². The molecule has 1 heterocycles. The average Bonchev–Trinajstić information content (AvgIpc) is 2.72. The van der Waals surface area contributed by atoms with Crippen LogP contribution in [0.15, 0.2) is 24.5 Å². The Labute approximate surface area is 96.9 Å². The zero-order chi connectivity index (χ0) is 12.4. The Kier molecular flexibility index (Phi) is 2.78. The molecule has 2 N–H and O–H groups in total. The van der Waals surface area contributed by atoms with E-state index in [4.69, 9.17) is 5.11 Å². The Morgan fingerprint density at radius 3 is 2.88 bits per heavy atom. The number of benzene rings is 1. The van der Waals surface area contributed by atoms with Crippen LogP contribution in [-0.4, -0.2) is 33.6 Å². The number of hydrogen-bond acceptors (Lipinski definition) is 3. The normalized spacial score (nSPS) is 10.4. The molecular formula is C11H11N3O3. The molecule has 0 aliphatic carbocycles.